The number of nitrogens with one attached hydrogen (secondary N) is 1. The Morgan fingerprint density at radius 1 is 1.00 bits per heavy atom. The number of ether oxygens (including phenoxy) is 2. The summed E-state index contributed by atoms with van der Waals surface area (Å²) < 4.78 is 10.8. The molecule has 9 heteroatoms. The van der Waals surface area contributed by atoms with Crippen LogP contribution in [0.1, 0.15) is 6.42 Å². The molecule has 2 aliphatic heterocycles. The molecule has 0 amide bonds. The zero-order valence-electron chi connectivity index (χ0n) is 11.4. The summed E-state index contributed by atoms with van der Waals surface area (Å²) in [7, 11) is 0. The number of aliphatic hydroxyl groups excluding tert-OH is 6. The molecule has 2 aliphatic rings. The average molecular weight is 309 g/mol. The molecule has 124 valence electrons. The summed E-state index contributed by atoms with van der Waals surface area (Å²) in [6.45, 7) is -0.678. The molecule has 0 aliphatic carbocycles. The van der Waals surface area contributed by atoms with E-state index in [1.807, 2.05) is 0 Å². The third-order valence-corrected chi connectivity index (χ3v) is 3.94. The van der Waals surface area contributed by atoms with Crippen LogP contribution in [0.5, 0.6) is 0 Å². The lowest BCUT2D eigenvalue weighted by atomic mass is 9.96. The molecule has 2 heterocycles. The molecule has 0 aromatic heterocycles. The number of hydrogen-bond donors (Lipinski definition) is 7. The summed E-state index contributed by atoms with van der Waals surface area (Å²) in [6.07, 6.45) is -7.55. The first-order valence-electron chi connectivity index (χ1n) is 6.96. The number of β-amino-alcohol motifs (C(OH)–C–C–N with tert-alkyl or cyclic N) is 1. The second-order valence-corrected chi connectivity index (χ2v) is 5.44. The van der Waals surface area contributed by atoms with Gasteiger partial charge < -0.3 is 45.4 Å². The van der Waals surface area contributed by atoms with E-state index < -0.39 is 55.6 Å². The van der Waals surface area contributed by atoms with Gasteiger partial charge in [0.15, 0.2) is 6.29 Å². The minimum Gasteiger partial charge on any atom is -0.395 e. The van der Waals surface area contributed by atoms with Gasteiger partial charge in [-0.05, 0) is 0 Å². The van der Waals surface area contributed by atoms with Gasteiger partial charge in [0.2, 0.25) is 0 Å². The van der Waals surface area contributed by atoms with E-state index in [1.165, 1.54) is 0 Å². The predicted molar refractivity (Wildman–Crippen MR) is 68.1 cm³/mol. The lowest BCUT2D eigenvalue weighted by Crippen LogP contribution is -2.63. The Kier molecular flexibility index (Phi) is 5.88. The van der Waals surface area contributed by atoms with Crippen molar-refractivity contribution in [2.45, 2.75) is 55.4 Å². The topological polar surface area (TPSA) is 152 Å². The van der Waals surface area contributed by atoms with Gasteiger partial charge in [-0.15, -0.1) is 0 Å². The van der Waals surface area contributed by atoms with Crippen LogP contribution in [0.25, 0.3) is 0 Å². The lowest BCUT2D eigenvalue weighted by Gasteiger charge is -2.42. The smallest absolute Gasteiger partial charge is 0.161 e. The summed E-state index contributed by atoms with van der Waals surface area (Å²) in [5.74, 6) is 0. The van der Waals surface area contributed by atoms with Gasteiger partial charge in [-0.25, -0.2) is 0 Å². The summed E-state index contributed by atoms with van der Waals surface area (Å²) in [5.41, 5.74) is 0. The van der Waals surface area contributed by atoms with E-state index in [4.69, 9.17) is 19.7 Å². The molecule has 0 aromatic carbocycles. The quantitative estimate of drug-likeness (QED) is 0.275. The summed E-state index contributed by atoms with van der Waals surface area (Å²) in [6, 6.07) is -0.633. The van der Waals surface area contributed by atoms with Gasteiger partial charge in [-0.1, -0.05) is 0 Å². The Balaban J connectivity index is 1.99. The molecule has 0 saturated carbocycles. The molecular weight excluding hydrogens is 286 g/mol. The van der Waals surface area contributed by atoms with Crippen LogP contribution in [-0.4, -0.2) is 99.4 Å². The van der Waals surface area contributed by atoms with Crippen molar-refractivity contribution >= 4 is 0 Å². The van der Waals surface area contributed by atoms with Crippen molar-refractivity contribution in [1.29, 1.82) is 0 Å². The first-order chi connectivity index (χ1) is 9.97. The molecule has 0 unspecified atom stereocenters. The largest absolute Gasteiger partial charge is 0.395 e. The standard InChI is InChI=1S/C12H23NO8/c14-3-5-10(18)12(7(17)2-13-5)21-9-1-6(16)11(19)8(4-15)20-9/h5-19H,1-4H2/t5-,6-,7-,8-,9-,10-,11+,12-/m1/s1. The molecule has 7 N–H and O–H groups in total. The number of aliphatic hydroxyl groups is 6. The van der Waals surface area contributed by atoms with E-state index in [0.717, 1.165) is 0 Å². The Hall–Kier alpha value is -0.360. The van der Waals surface area contributed by atoms with Crippen LogP contribution in [0.3, 0.4) is 0 Å². The van der Waals surface area contributed by atoms with Gasteiger partial charge in [0.25, 0.3) is 0 Å². The van der Waals surface area contributed by atoms with Crippen LogP contribution >= 0.6 is 0 Å². The van der Waals surface area contributed by atoms with Gasteiger partial charge in [-0.2, -0.15) is 0 Å². The van der Waals surface area contributed by atoms with Gasteiger partial charge in [0.05, 0.1) is 31.5 Å². The van der Waals surface area contributed by atoms with E-state index in [1.54, 1.807) is 0 Å². The molecule has 0 bridgehead atoms. The van der Waals surface area contributed by atoms with Crippen molar-refractivity contribution in [1.82, 2.24) is 5.32 Å². The summed E-state index contributed by atoms with van der Waals surface area (Å²) in [4.78, 5) is 0. The Bertz CT molecular complexity index is 332. The van der Waals surface area contributed by atoms with Gasteiger partial charge in [-0.3, -0.25) is 0 Å². The SMILES string of the molecule is OC[C@H]1NC[C@@H](O)[C@@H](O[C@@H]2C[C@@H](O)[C@H](O)[C@@H](CO)O2)[C@@H]1O. The third-order valence-electron chi connectivity index (χ3n) is 3.94. The van der Waals surface area contributed by atoms with E-state index in [9.17, 15) is 20.4 Å². The van der Waals surface area contributed by atoms with Crippen LogP contribution in [-0.2, 0) is 9.47 Å². The Morgan fingerprint density at radius 3 is 2.33 bits per heavy atom. The number of piperidine rings is 1. The maximum atomic E-state index is 10.0. The van der Waals surface area contributed by atoms with Crippen molar-refractivity contribution in [3.63, 3.8) is 0 Å². The zero-order valence-corrected chi connectivity index (χ0v) is 11.4. The summed E-state index contributed by atoms with van der Waals surface area (Å²) in [5, 5.41) is 60.2. The molecule has 9 nitrogen and oxygen atoms in total. The second kappa shape index (κ2) is 7.27. The van der Waals surface area contributed by atoms with Crippen LogP contribution < -0.4 is 5.32 Å². The highest BCUT2D eigenvalue weighted by atomic mass is 16.7. The van der Waals surface area contributed by atoms with Gasteiger partial charge in [0, 0.05) is 13.0 Å². The Labute approximate surface area is 121 Å². The highest BCUT2D eigenvalue weighted by molar-refractivity contribution is 4.94. The molecule has 2 saturated heterocycles. The molecule has 2 fully saturated rings. The fourth-order valence-corrected chi connectivity index (χ4v) is 2.64. The Morgan fingerprint density at radius 2 is 1.71 bits per heavy atom. The third kappa shape index (κ3) is 3.70. The van der Waals surface area contributed by atoms with Crippen LogP contribution in [0.2, 0.25) is 0 Å². The van der Waals surface area contributed by atoms with Crippen molar-refractivity contribution in [2.24, 2.45) is 0 Å². The van der Waals surface area contributed by atoms with Crippen LogP contribution in [0, 0.1) is 0 Å². The van der Waals surface area contributed by atoms with E-state index in [-0.39, 0.29) is 19.6 Å². The van der Waals surface area contributed by atoms with E-state index in [0.29, 0.717) is 0 Å². The highest BCUT2D eigenvalue weighted by Crippen LogP contribution is 2.25. The number of rotatable bonds is 4. The van der Waals surface area contributed by atoms with Crippen molar-refractivity contribution in [2.75, 3.05) is 19.8 Å². The van der Waals surface area contributed by atoms with Crippen molar-refractivity contribution in [3.05, 3.63) is 0 Å². The molecule has 0 aromatic rings. The molecule has 21 heavy (non-hydrogen) atoms. The highest BCUT2D eigenvalue weighted by Gasteiger charge is 2.43. The zero-order chi connectivity index (χ0) is 15.6. The van der Waals surface area contributed by atoms with Crippen molar-refractivity contribution in [3.8, 4) is 0 Å². The van der Waals surface area contributed by atoms with E-state index in [2.05, 4.69) is 5.32 Å². The maximum Gasteiger partial charge on any atom is 0.161 e. The first-order valence-corrected chi connectivity index (χ1v) is 6.96. The molecule has 8 atom stereocenters. The molecule has 0 radical (unpaired) electrons. The fourth-order valence-electron chi connectivity index (χ4n) is 2.64. The minimum atomic E-state index is -1.22. The van der Waals surface area contributed by atoms with Gasteiger partial charge in [0.1, 0.15) is 24.4 Å². The van der Waals surface area contributed by atoms with Crippen LogP contribution in [0.4, 0.5) is 0 Å². The monoisotopic (exact) mass is 309 g/mol. The molecular formula is C12H23NO8. The average Bonchev–Trinajstić information content (AvgIpc) is 2.47. The van der Waals surface area contributed by atoms with E-state index >= 15 is 0 Å². The minimum absolute atomic E-state index is 0.0508. The first kappa shape index (κ1) is 17.0. The fraction of sp³-hybridized carbons (Fsp3) is 1.00. The molecule has 0 spiro atoms. The number of hydrogen-bond acceptors (Lipinski definition) is 9. The second-order valence-electron chi connectivity index (χ2n) is 5.44. The normalized spacial score (nSPS) is 48.3. The van der Waals surface area contributed by atoms with Crippen LogP contribution in [0.15, 0.2) is 0 Å². The predicted octanol–water partition coefficient (Wildman–Crippen LogP) is -4.11. The summed E-state index contributed by atoms with van der Waals surface area (Å²) >= 11 is 0. The lowest BCUT2D eigenvalue weighted by molar-refractivity contribution is -0.291. The van der Waals surface area contributed by atoms with Gasteiger partial charge >= 0.3 is 0 Å². The van der Waals surface area contributed by atoms with Crippen molar-refractivity contribution < 1.29 is 40.1 Å². The molecule has 2 rings (SSSR count). The maximum absolute atomic E-state index is 10.0.